The van der Waals surface area contributed by atoms with Crippen LogP contribution in [0.3, 0.4) is 0 Å². The number of hydrogen-bond acceptors (Lipinski definition) is 2. The van der Waals surface area contributed by atoms with Crippen molar-refractivity contribution in [2.24, 2.45) is 0 Å². The average Bonchev–Trinajstić information content (AvgIpc) is 2.20. The van der Waals surface area contributed by atoms with Gasteiger partial charge in [0.15, 0.2) is 0 Å². The monoisotopic (exact) mass is 231 g/mol. The van der Waals surface area contributed by atoms with E-state index in [0.717, 1.165) is 6.20 Å². The first-order chi connectivity index (χ1) is 7.02. The molecule has 2 radical (unpaired) electrons. The lowest BCUT2D eigenvalue weighted by atomic mass is 9.98. The highest BCUT2D eigenvalue weighted by Gasteiger charge is 2.21. The lowest BCUT2D eigenvalue weighted by molar-refractivity contribution is 0.0673. The van der Waals surface area contributed by atoms with E-state index >= 15 is 0 Å². The van der Waals surface area contributed by atoms with E-state index in [1.54, 1.807) is 0 Å². The molecule has 1 heterocycles. The number of aromatic nitrogens is 1. The highest BCUT2D eigenvalue weighted by molar-refractivity contribution is 6.37. The van der Waals surface area contributed by atoms with Crippen LogP contribution in [0.5, 0.6) is 0 Å². The lowest BCUT2D eigenvalue weighted by Gasteiger charge is -2.01. The summed E-state index contributed by atoms with van der Waals surface area (Å²) in [6.45, 7) is 4.00. The van der Waals surface area contributed by atoms with Crippen LogP contribution >= 0.6 is 11.6 Å². The summed E-state index contributed by atoms with van der Waals surface area (Å²) < 4.78 is 23.8. The molecule has 80 valence electrons. The first-order valence-corrected chi connectivity index (χ1v) is 4.63. The fourth-order valence-electron chi connectivity index (χ4n) is 0.737. The van der Waals surface area contributed by atoms with Crippen molar-refractivity contribution in [3.05, 3.63) is 23.0 Å². The Morgan fingerprint density at radius 1 is 1.53 bits per heavy atom. The van der Waals surface area contributed by atoms with Crippen LogP contribution < -0.4 is 5.46 Å². The number of carbonyl (C=O) groups excluding carboxylic acids is 1. The fraction of sp³-hybridized carbons (Fsp3) is 0.333. The molecule has 0 aliphatic heterocycles. The molecular weight excluding hydrogens is 222 g/mol. The molecule has 0 bridgehead atoms. The highest BCUT2D eigenvalue weighted by Crippen LogP contribution is 2.14. The number of Topliss-reactive ketones (excluding diaryl/α,β-unsaturated/α-hetero) is 1. The Labute approximate surface area is 93.1 Å². The minimum absolute atomic E-state index is 0.162. The Morgan fingerprint density at radius 2 is 2.07 bits per heavy atom. The van der Waals surface area contributed by atoms with Crippen LogP contribution in [0.25, 0.3) is 0 Å². The number of carbonyl (C=O) groups is 1. The van der Waals surface area contributed by atoms with Gasteiger partial charge in [0.25, 0.3) is 0 Å². The summed E-state index contributed by atoms with van der Waals surface area (Å²) in [4.78, 5) is 14.2. The van der Waals surface area contributed by atoms with Crippen LogP contribution in [0.1, 0.15) is 24.3 Å². The van der Waals surface area contributed by atoms with Crippen molar-refractivity contribution in [1.29, 1.82) is 0 Å². The number of alkyl halides is 2. The van der Waals surface area contributed by atoms with Crippen LogP contribution in [-0.2, 0) is 0 Å². The molecule has 2 nitrogen and oxygen atoms in total. The maximum absolute atomic E-state index is 11.9. The third kappa shape index (κ3) is 3.95. The van der Waals surface area contributed by atoms with Gasteiger partial charge in [-0.3, -0.25) is 9.78 Å². The van der Waals surface area contributed by atoms with Crippen LogP contribution in [0.2, 0.25) is 5.02 Å². The van der Waals surface area contributed by atoms with Gasteiger partial charge in [-0.1, -0.05) is 30.9 Å². The van der Waals surface area contributed by atoms with Gasteiger partial charge in [-0.2, -0.15) is 0 Å². The Kier molecular flexibility index (Phi) is 6.09. The summed E-state index contributed by atoms with van der Waals surface area (Å²) in [6, 6.07) is 1.20. The second-order valence-corrected chi connectivity index (χ2v) is 2.67. The molecular formula is C9H9BClF2NO. The molecule has 0 N–H and O–H groups in total. The second-order valence-electron chi connectivity index (χ2n) is 2.26. The maximum atomic E-state index is 11.9. The van der Waals surface area contributed by atoms with Crippen LogP contribution in [-0.4, -0.2) is 25.0 Å². The van der Waals surface area contributed by atoms with E-state index in [9.17, 15) is 13.6 Å². The van der Waals surface area contributed by atoms with Crippen molar-refractivity contribution in [1.82, 2.24) is 4.98 Å². The molecule has 0 spiro atoms. The van der Waals surface area contributed by atoms with Crippen molar-refractivity contribution >= 4 is 30.7 Å². The van der Waals surface area contributed by atoms with Crippen molar-refractivity contribution in [2.75, 3.05) is 0 Å². The topological polar surface area (TPSA) is 30.0 Å². The van der Waals surface area contributed by atoms with E-state index in [1.807, 2.05) is 13.8 Å². The van der Waals surface area contributed by atoms with Gasteiger partial charge in [-0.15, -0.1) is 0 Å². The number of nitrogens with zero attached hydrogens (tertiary/aromatic N) is 1. The molecule has 0 aliphatic rings. The first-order valence-electron chi connectivity index (χ1n) is 4.25. The summed E-state index contributed by atoms with van der Waals surface area (Å²) in [6.07, 6.45) is -2.00. The summed E-state index contributed by atoms with van der Waals surface area (Å²) in [5, 5.41) is -0.162. The van der Waals surface area contributed by atoms with Crippen molar-refractivity contribution in [3.63, 3.8) is 0 Å². The van der Waals surface area contributed by atoms with Gasteiger partial charge in [-0.05, 0) is 6.07 Å². The molecule has 1 aromatic rings. The van der Waals surface area contributed by atoms with Crippen molar-refractivity contribution in [3.8, 4) is 0 Å². The minimum atomic E-state index is -3.10. The fourth-order valence-corrected chi connectivity index (χ4v) is 1.01. The van der Waals surface area contributed by atoms with Gasteiger partial charge in [0.2, 0.25) is 5.78 Å². The summed E-state index contributed by atoms with van der Waals surface area (Å²) in [7, 11) is 5.26. The van der Waals surface area contributed by atoms with Crippen LogP contribution in [0.4, 0.5) is 8.78 Å². The number of ketones is 1. The first kappa shape index (κ1) is 14.0. The molecule has 1 rings (SSSR count). The lowest BCUT2D eigenvalue weighted by Crippen LogP contribution is -2.15. The van der Waals surface area contributed by atoms with E-state index in [-0.39, 0.29) is 10.5 Å². The summed E-state index contributed by atoms with van der Waals surface area (Å²) in [5.74, 6) is -1.40. The van der Waals surface area contributed by atoms with E-state index in [0.29, 0.717) is 0 Å². The molecule has 1 aromatic heterocycles. The predicted octanol–water partition coefficient (Wildman–Crippen LogP) is 2.00. The molecule has 0 atom stereocenters. The third-order valence-electron chi connectivity index (χ3n) is 1.29. The van der Waals surface area contributed by atoms with Crippen molar-refractivity contribution < 1.29 is 13.6 Å². The van der Waals surface area contributed by atoms with Gasteiger partial charge in [0.05, 0.1) is 5.02 Å². The average molecular weight is 231 g/mol. The number of halogens is 3. The third-order valence-corrected chi connectivity index (χ3v) is 1.58. The van der Waals surface area contributed by atoms with Gasteiger partial charge in [-0.25, -0.2) is 8.78 Å². The molecule has 6 heteroatoms. The van der Waals surface area contributed by atoms with Crippen LogP contribution in [0, 0.1) is 0 Å². The minimum Gasteiger partial charge on any atom is -0.286 e. The zero-order chi connectivity index (χ0) is 12.0. The van der Waals surface area contributed by atoms with Gasteiger partial charge in [0.1, 0.15) is 13.5 Å². The molecule has 0 aliphatic carbocycles. The van der Waals surface area contributed by atoms with Crippen LogP contribution in [0.15, 0.2) is 12.3 Å². The Bertz CT molecular complexity index is 347. The number of rotatable bonds is 2. The van der Waals surface area contributed by atoms with Gasteiger partial charge in [0, 0.05) is 6.20 Å². The largest absolute Gasteiger partial charge is 0.302 e. The van der Waals surface area contributed by atoms with E-state index in [2.05, 4.69) is 4.98 Å². The quantitative estimate of drug-likeness (QED) is 0.576. The Hall–Kier alpha value is -0.965. The Morgan fingerprint density at radius 3 is 2.47 bits per heavy atom. The molecule has 0 unspecified atom stereocenters. The highest BCUT2D eigenvalue weighted by atomic mass is 35.5. The van der Waals surface area contributed by atoms with E-state index < -0.39 is 17.9 Å². The van der Waals surface area contributed by atoms with E-state index in [1.165, 1.54) is 6.07 Å². The molecule has 0 saturated carbocycles. The summed E-state index contributed by atoms with van der Waals surface area (Å²) >= 11 is 5.47. The van der Waals surface area contributed by atoms with Gasteiger partial charge < -0.3 is 0 Å². The molecule has 0 aromatic carbocycles. The van der Waals surface area contributed by atoms with E-state index in [4.69, 9.17) is 19.4 Å². The molecule has 0 amide bonds. The molecule has 0 saturated heterocycles. The van der Waals surface area contributed by atoms with Crippen molar-refractivity contribution in [2.45, 2.75) is 20.3 Å². The summed E-state index contributed by atoms with van der Waals surface area (Å²) in [5.41, 5.74) is -0.235. The molecule has 0 fully saturated rings. The smallest absolute Gasteiger partial charge is 0.286 e. The SMILES string of the molecule is CC.[B]c1cnc(C(=O)C(F)F)c(Cl)c1. The number of pyridine rings is 1. The van der Waals surface area contributed by atoms with Gasteiger partial charge >= 0.3 is 6.43 Å². The normalized spacial score (nSPS) is 9.47. The molecule has 15 heavy (non-hydrogen) atoms. The zero-order valence-corrected chi connectivity index (χ0v) is 9.05. The standard InChI is InChI=1S/C7H3BClF2NO.C2H6/c8-3-1-4(9)5(12-2-3)6(13)7(10)11;1-2/h1-2,7H;1-2H3. The zero-order valence-electron chi connectivity index (χ0n) is 8.30. The second kappa shape index (κ2) is 6.51. The maximum Gasteiger partial charge on any atom is 0.302 e. The number of hydrogen-bond donors (Lipinski definition) is 0. The predicted molar refractivity (Wildman–Crippen MR) is 56.3 cm³/mol. The Balaban J connectivity index is 0.000000921.